The van der Waals surface area contributed by atoms with Crippen LogP contribution in [0.1, 0.15) is 35.6 Å². The highest BCUT2D eigenvalue weighted by atomic mass is 35.5. The maximum Gasteiger partial charge on any atom is 0.180 e. The van der Waals surface area contributed by atoms with Crippen molar-refractivity contribution < 1.29 is 4.74 Å². The molecule has 1 atom stereocenters. The Bertz CT molecular complexity index is 1510. The molecule has 10 heteroatoms. The van der Waals surface area contributed by atoms with Crippen molar-refractivity contribution >= 4 is 39.7 Å². The predicted octanol–water partition coefficient (Wildman–Crippen LogP) is 7.26. The van der Waals surface area contributed by atoms with E-state index in [0.717, 1.165) is 29.0 Å². The third-order valence-electron chi connectivity index (χ3n) is 5.85. The van der Waals surface area contributed by atoms with Gasteiger partial charge in [0.25, 0.3) is 0 Å². The van der Waals surface area contributed by atoms with E-state index in [1.165, 1.54) is 11.3 Å². The highest BCUT2D eigenvalue weighted by Crippen LogP contribution is 2.39. The maximum absolute atomic E-state index is 6.77. The molecular formula is C28H24Cl2N6OS. The Hall–Kier alpha value is -3.59. The maximum atomic E-state index is 6.77. The lowest BCUT2D eigenvalue weighted by Crippen LogP contribution is -2.04. The molecule has 192 valence electrons. The van der Waals surface area contributed by atoms with Crippen molar-refractivity contribution in [2.75, 3.05) is 5.73 Å². The van der Waals surface area contributed by atoms with Gasteiger partial charge in [-0.25, -0.2) is 19.9 Å². The van der Waals surface area contributed by atoms with Gasteiger partial charge in [-0.15, -0.1) is 11.3 Å². The standard InChI is InChI=1S/C28H24Cl2N6OS/c1-17(18-6-3-2-4-7-18)37-20-13-22(29)26(23(30)14-20)24-12-19(8-5-9-21-15-34-28(31)38-21)35-27(36-24)25-16-32-10-11-33-25/h2-4,6-7,10-17H,5,8-9H2,1H3,(H2,31,34). The smallest absolute Gasteiger partial charge is 0.180 e. The van der Waals surface area contributed by atoms with Gasteiger partial charge in [0.2, 0.25) is 0 Å². The average molecular weight is 564 g/mol. The molecule has 0 radical (unpaired) electrons. The van der Waals surface area contributed by atoms with E-state index in [9.17, 15) is 0 Å². The van der Waals surface area contributed by atoms with E-state index in [1.807, 2.05) is 49.5 Å². The molecule has 2 aromatic carbocycles. The van der Waals surface area contributed by atoms with Crippen LogP contribution in [0.4, 0.5) is 5.13 Å². The molecule has 0 aliphatic rings. The first-order valence-corrected chi connectivity index (χ1v) is 13.6. The van der Waals surface area contributed by atoms with Crippen molar-refractivity contribution in [2.45, 2.75) is 32.3 Å². The number of anilines is 1. The first-order chi connectivity index (χ1) is 18.5. The highest BCUT2D eigenvalue weighted by Gasteiger charge is 2.18. The molecule has 5 aromatic rings. The number of rotatable bonds is 9. The lowest BCUT2D eigenvalue weighted by Gasteiger charge is -2.17. The van der Waals surface area contributed by atoms with Gasteiger partial charge in [0, 0.05) is 34.7 Å². The second kappa shape index (κ2) is 11.9. The fourth-order valence-electron chi connectivity index (χ4n) is 4.02. The summed E-state index contributed by atoms with van der Waals surface area (Å²) < 4.78 is 6.13. The van der Waals surface area contributed by atoms with Crippen LogP contribution in [0.25, 0.3) is 22.8 Å². The number of ether oxygens (including phenoxy) is 1. The molecule has 0 spiro atoms. The fraction of sp³-hybridized carbons (Fsp3) is 0.179. The quantitative estimate of drug-likeness (QED) is 0.201. The number of halogens is 2. The van der Waals surface area contributed by atoms with Gasteiger partial charge in [0.05, 0.1) is 21.9 Å². The van der Waals surface area contributed by atoms with Crippen LogP contribution in [0.5, 0.6) is 5.75 Å². The van der Waals surface area contributed by atoms with Crippen LogP contribution >= 0.6 is 34.5 Å². The molecule has 0 aliphatic heterocycles. The Kier molecular flexibility index (Phi) is 8.12. The van der Waals surface area contributed by atoms with E-state index in [1.54, 1.807) is 30.7 Å². The molecule has 0 aliphatic carbocycles. The first-order valence-electron chi connectivity index (χ1n) is 12.0. The second-order valence-electron chi connectivity index (χ2n) is 8.61. The summed E-state index contributed by atoms with van der Waals surface area (Å²) in [7, 11) is 0. The molecule has 7 nitrogen and oxygen atoms in total. The number of benzene rings is 2. The van der Waals surface area contributed by atoms with E-state index < -0.39 is 0 Å². The van der Waals surface area contributed by atoms with Crippen LogP contribution in [0.2, 0.25) is 10.0 Å². The topological polar surface area (TPSA) is 99.7 Å². The van der Waals surface area contributed by atoms with Crippen LogP contribution in [0.3, 0.4) is 0 Å². The first kappa shape index (κ1) is 26.0. The minimum absolute atomic E-state index is 0.169. The SMILES string of the molecule is CC(Oc1cc(Cl)c(-c2cc(CCCc3cnc(N)s3)nc(-c3cnccn3)n2)c(Cl)c1)c1ccccc1. The molecule has 0 bridgehead atoms. The van der Waals surface area contributed by atoms with Gasteiger partial charge in [-0.3, -0.25) is 4.98 Å². The van der Waals surface area contributed by atoms with Crippen molar-refractivity contribution in [2.24, 2.45) is 0 Å². The van der Waals surface area contributed by atoms with Crippen molar-refractivity contribution in [1.82, 2.24) is 24.9 Å². The van der Waals surface area contributed by atoms with Crippen LogP contribution in [-0.2, 0) is 12.8 Å². The van der Waals surface area contributed by atoms with Gasteiger partial charge in [0.1, 0.15) is 17.5 Å². The summed E-state index contributed by atoms with van der Waals surface area (Å²) in [6, 6.07) is 15.4. The van der Waals surface area contributed by atoms with Crippen LogP contribution < -0.4 is 10.5 Å². The molecule has 0 saturated carbocycles. The number of aromatic nitrogens is 5. The third-order valence-corrected chi connectivity index (χ3v) is 7.34. The van der Waals surface area contributed by atoms with Crippen LogP contribution in [0.15, 0.2) is 73.3 Å². The molecule has 2 N–H and O–H groups in total. The van der Waals surface area contributed by atoms with Gasteiger partial charge >= 0.3 is 0 Å². The summed E-state index contributed by atoms with van der Waals surface area (Å²) >= 11 is 15.0. The number of nitrogens with two attached hydrogens (primary N) is 1. The Morgan fingerprint density at radius 1 is 0.921 bits per heavy atom. The lowest BCUT2D eigenvalue weighted by molar-refractivity contribution is 0.227. The van der Waals surface area contributed by atoms with Gasteiger partial charge in [-0.2, -0.15) is 0 Å². The van der Waals surface area contributed by atoms with Gasteiger partial charge in [0.15, 0.2) is 11.0 Å². The Morgan fingerprint density at radius 3 is 2.39 bits per heavy atom. The molecule has 38 heavy (non-hydrogen) atoms. The molecule has 5 rings (SSSR count). The zero-order valence-electron chi connectivity index (χ0n) is 20.5. The minimum atomic E-state index is -0.169. The van der Waals surface area contributed by atoms with E-state index in [2.05, 4.69) is 15.0 Å². The largest absolute Gasteiger partial charge is 0.486 e. The number of thiazole rings is 1. The third kappa shape index (κ3) is 6.27. The van der Waals surface area contributed by atoms with Crippen LogP contribution in [0, 0.1) is 0 Å². The molecule has 0 fully saturated rings. The highest BCUT2D eigenvalue weighted by molar-refractivity contribution is 7.15. The molecule has 0 saturated heterocycles. The number of aryl methyl sites for hydroxylation is 2. The molecule has 3 aromatic heterocycles. The van der Waals surface area contributed by atoms with Crippen molar-refractivity contribution in [3.05, 3.63) is 99.5 Å². The Labute approximate surface area is 234 Å². The molecular weight excluding hydrogens is 539 g/mol. The summed E-state index contributed by atoms with van der Waals surface area (Å²) in [4.78, 5) is 23.3. The lowest BCUT2D eigenvalue weighted by atomic mass is 10.1. The zero-order chi connectivity index (χ0) is 26.5. The monoisotopic (exact) mass is 562 g/mol. The van der Waals surface area contributed by atoms with E-state index in [4.69, 9.17) is 43.6 Å². The van der Waals surface area contributed by atoms with Crippen molar-refractivity contribution in [3.8, 4) is 28.5 Å². The zero-order valence-corrected chi connectivity index (χ0v) is 22.8. The Morgan fingerprint density at radius 2 is 1.71 bits per heavy atom. The number of nitrogens with zero attached hydrogens (tertiary/aromatic N) is 5. The Balaban J connectivity index is 1.44. The summed E-state index contributed by atoms with van der Waals surface area (Å²) in [5.74, 6) is 1.03. The predicted molar refractivity (Wildman–Crippen MR) is 153 cm³/mol. The van der Waals surface area contributed by atoms with Crippen molar-refractivity contribution in [1.29, 1.82) is 0 Å². The van der Waals surface area contributed by atoms with Gasteiger partial charge < -0.3 is 10.5 Å². The van der Waals surface area contributed by atoms with E-state index in [-0.39, 0.29) is 6.10 Å². The minimum Gasteiger partial charge on any atom is -0.486 e. The fourth-order valence-corrected chi connectivity index (χ4v) is 5.41. The van der Waals surface area contributed by atoms with Gasteiger partial charge in [-0.05, 0) is 49.9 Å². The second-order valence-corrected chi connectivity index (χ2v) is 10.6. The molecule has 1 unspecified atom stereocenters. The molecule has 3 heterocycles. The van der Waals surface area contributed by atoms with Crippen molar-refractivity contribution in [3.63, 3.8) is 0 Å². The van der Waals surface area contributed by atoms with E-state index >= 15 is 0 Å². The number of nitrogen functional groups attached to an aromatic ring is 1. The average Bonchev–Trinajstić information content (AvgIpc) is 3.34. The number of hydrogen-bond donors (Lipinski definition) is 1. The van der Waals surface area contributed by atoms with Crippen LogP contribution in [-0.4, -0.2) is 24.9 Å². The van der Waals surface area contributed by atoms with E-state index in [0.29, 0.717) is 50.1 Å². The summed E-state index contributed by atoms with van der Waals surface area (Å²) in [5.41, 5.74) is 9.44. The summed E-state index contributed by atoms with van der Waals surface area (Å²) in [6.45, 7) is 1.98. The molecule has 0 amide bonds. The normalized spacial score (nSPS) is 11.9. The summed E-state index contributed by atoms with van der Waals surface area (Å²) in [6.07, 6.45) is 8.93. The van der Waals surface area contributed by atoms with Gasteiger partial charge in [-0.1, -0.05) is 53.5 Å². The summed E-state index contributed by atoms with van der Waals surface area (Å²) in [5, 5.41) is 1.44. The number of hydrogen-bond acceptors (Lipinski definition) is 8.